The Labute approximate surface area is 137 Å². The SMILES string of the molecule is Cc1cn(-c2ccc(C(F)(F)F)cc2)c2ncc([N+](=O)[O-])cc12.P. The highest BCUT2D eigenvalue weighted by molar-refractivity contribution is 6.92. The zero-order valence-corrected chi connectivity index (χ0v) is 14.0. The van der Waals surface area contributed by atoms with Crippen molar-refractivity contribution in [2.45, 2.75) is 13.1 Å². The van der Waals surface area contributed by atoms with Gasteiger partial charge in [0.15, 0.2) is 0 Å². The highest BCUT2D eigenvalue weighted by atomic mass is 31.0. The molecule has 0 radical (unpaired) electrons. The number of pyridine rings is 1. The van der Waals surface area contributed by atoms with Crippen LogP contribution in [-0.2, 0) is 6.18 Å². The third-order valence-electron chi connectivity index (χ3n) is 3.51. The molecule has 0 saturated heterocycles. The number of aryl methyl sites for hydroxylation is 1. The molecular weight excluding hydrogens is 342 g/mol. The minimum absolute atomic E-state index is 0. The molecule has 0 N–H and O–H groups in total. The highest BCUT2D eigenvalue weighted by Gasteiger charge is 2.30. The number of hydrogen-bond donors (Lipinski definition) is 0. The number of nitro groups is 1. The Morgan fingerprint density at radius 3 is 2.38 bits per heavy atom. The van der Waals surface area contributed by atoms with E-state index in [0.717, 1.165) is 23.9 Å². The van der Waals surface area contributed by atoms with Gasteiger partial charge in [-0.3, -0.25) is 10.1 Å². The van der Waals surface area contributed by atoms with Crippen LogP contribution < -0.4 is 0 Å². The van der Waals surface area contributed by atoms with Crippen LogP contribution in [0.25, 0.3) is 16.7 Å². The van der Waals surface area contributed by atoms with E-state index >= 15 is 0 Å². The van der Waals surface area contributed by atoms with Crippen LogP contribution in [-0.4, -0.2) is 14.5 Å². The molecule has 9 heteroatoms. The minimum atomic E-state index is -4.40. The molecule has 0 spiro atoms. The lowest BCUT2D eigenvalue weighted by atomic mass is 10.2. The van der Waals surface area contributed by atoms with E-state index in [2.05, 4.69) is 4.98 Å². The summed E-state index contributed by atoms with van der Waals surface area (Å²) >= 11 is 0. The van der Waals surface area contributed by atoms with Crippen molar-refractivity contribution < 1.29 is 18.1 Å². The number of fused-ring (bicyclic) bond motifs is 1. The summed E-state index contributed by atoms with van der Waals surface area (Å²) in [5.41, 5.74) is 0.824. The number of hydrogen-bond acceptors (Lipinski definition) is 3. The molecule has 24 heavy (non-hydrogen) atoms. The molecule has 0 amide bonds. The van der Waals surface area contributed by atoms with E-state index < -0.39 is 16.7 Å². The first-order valence-corrected chi connectivity index (χ1v) is 6.57. The molecular formula is C15H13F3N3O2P. The van der Waals surface area contributed by atoms with E-state index in [1.165, 1.54) is 18.2 Å². The van der Waals surface area contributed by atoms with Crippen molar-refractivity contribution in [3.8, 4) is 5.69 Å². The molecule has 0 bridgehead atoms. The second-order valence-corrected chi connectivity index (χ2v) is 5.05. The Morgan fingerprint density at radius 1 is 1.21 bits per heavy atom. The van der Waals surface area contributed by atoms with Crippen molar-refractivity contribution in [3.05, 3.63) is 64.0 Å². The summed E-state index contributed by atoms with van der Waals surface area (Å²) in [4.78, 5) is 14.3. The van der Waals surface area contributed by atoms with Crippen molar-refractivity contribution in [2.24, 2.45) is 0 Å². The van der Waals surface area contributed by atoms with Crippen molar-refractivity contribution in [3.63, 3.8) is 0 Å². The lowest BCUT2D eigenvalue weighted by Gasteiger charge is -2.09. The average Bonchev–Trinajstić information content (AvgIpc) is 2.83. The van der Waals surface area contributed by atoms with Gasteiger partial charge in [0.1, 0.15) is 11.8 Å². The van der Waals surface area contributed by atoms with Gasteiger partial charge in [-0.15, -0.1) is 0 Å². The highest BCUT2D eigenvalue weighted by Crippen LogP contribution is 2.31. The van der Waals surface area contributed by atoms with E-state index in [0.29, 0.717) is 16.7 Å². The predicted molar refractivity (Wildman–Crippen MR) is 88.6 cm³/mol. The first-order chi connectivity index (χ1) is 10.8. The molecule has 0 fully saturated rings. The third-order valence-corrected chi connectivity index (χ3v) is 3.51. The fourth-order valence-corrected chi connectivity index (χ4v) is 2.36. The van der Waals surface area contributed by atoms with Gasteiger partial charge in [-0.1, -0.05) is 0 Å². The number of rotatable bonds is 2. The molecule has 1 unspecified atom stereocenters. The van der Waals surface area contributed by atoms with Crippen LogP contribution >= 0.6 is 9.90 Å². The first kappa shape index (κ1) is 17.9. The fraction of sp³-hybridized carbons (Fsp3) is 0.133. The second-order valence-electron chi connectivity index (χ2n) is 5.05. The average molecular weight is 355 g/mol. The monoisotopic (exact) mass is 355 g/mol. The molecule has 1 atom stereocenters. The molecule has 1 aromatic carbocycles. The van der Waals surface area contributed by atoms with Gasteiger partial charge in [0.25, 0.3) is 5.69 Å². The van der Waals surface area contributed by atoms with E-state index in [9.17, 15) is 23.3 Å². The van der Waals surface area contributed by atoms with Gasteiger partial charge in [-0.25, -0.2) is 4.98 Å². The third kappa shape index (κ3) is 3.10. The van der Waals surface area contributed by atoms with Crippen molar-refractivity contribution in [1.29, 1.82) is 0 Å². The molecule has 0 aliphatic heterocycles. The van der Waals surface area contributed by atoms with Gasteiger partial charge < -0.3 is 4.57 Å². The van der Waals surface area contributed by atoms with Crippen LogP contribution in [0.1, 0.15) is 11.1 Å². The van der Waals surface area contributed by atoms with Crippen LogP contribution in [0, 0.1) is 17.0 Å². The molecule has 3 rings (SSSR count). The zero-order valence-electron chi connectivity index (χ0n) is 12.5. The quantitative estimate of drug-likeness (QED) is 0.391. The summed E-state index contributed by atoms with van der Waals surface area (Å²) in [7, 11) is 0. The van der Waals surface area contributed by atoms with E-state index in [4.69, 9.17) is 0 Å². The minimum Gasteiger partial charge on any atom is -0.301 e. The van der Waals surface area contributed by atoms with Crippen LogP contribution in [0.5, 0.6) is 0 Å². The summed E-state index contributed by atoms with van der Waals surface area (Å²) in [6.45, 7) is 1.76. The molecule has 0 saturated carbocycles. The number of alkyl halides is 3. The number of nitrogens with zero attached hydrogens (tertiary/aromatic N) is 3. The normalized spacial score (nSPS) is 11.3. The Morgan fingerprint density at radius 2 is 1.83 bits per heavy atom. The smallest absolute Gasteiger partial charge is 0.301 e. The maximum atomic E-state index is 12.6. The van der Waals surface area contributed by atoms with Crippen molar-refractivity contribution in [2.75, 3.05) is 0 Å². The molecule has 0 aliphatic rings. The Bertz CT molecular complexity index is 905. The molecule has 126 valence electrons. The second kappa shape index (κ2) is 6.20. The lowest BCUT2D eigenvalue weighted by Crippen LogP contribution is -2.05. The van der Waals surface area contributed by atoms with Crippen LogP contribution in [0.3, 0.4) is 0 Å². The number of aromatic nitrogens is 2. The predicted octanol–water partition coefficient (Wildman–Crippen LogP) is 4.32. The summed E-state index contributed by atoms with van der Waals surface area (Å²) in [5, 5.41) is 11.4. The Balaban J connectivity index is 0.00000208. The van der Waals surface area contributed by atoms with Crippen LogP contribution in [0.2, 0.25) is 0 Å². The lowest BCUT2D eigenvalue weighted by molar-refractivity contribution is -0.385. The first-order valence-electron chi connectivity index (χ1n) is 6.57. The molecule has 2 aromatic heterocycles. The van der Waals surface area contributed by atoms with E-state index in [1.807, 2.05) is 0 Å². The maximum Gasteiger partial charge on any atom is 0.416 e. The van der Waals surface area contributed by atoms with Gasteiger partial charge >= 0.3 is 6.18 Å². The maximum absolute atomic E-state index is 12.6. The fourth-order valence-electron chi connectivity index (χ4n) is 2.36. The van der Waals surface area contributed by atoms with Gasteiger partial charge in [-0.05, 0) is 36.8 Å². The largest absolute Gasteiger partial charge is 0.416 e. The van der Waals surface area contributed by atoms with Gasteiger partial charge in [0, 0.05) is 23.3 Å². The van der Waals surface area contributed by atoms with Gasteiger partial charge in [-0.2, -0.15) is 23.1 Å². The standard InChI is InChI=1S/C15H10F3N3O2.H3P/c1-9-8-20(11-4-2-10(3-5-11)15(16,17)18)14-13(9)6-12(7-19-14)21(22)23;/h2-8H,1H3;1H3. The van der Waals surface area contributed by atoms with E-state index in [-0.39, 0.29) is 15.6 Å². The van der Waals surface area contributed by atoms with Crippen molar-refractivity contribution >= 4 is 26.6 Å². The Kier molecular flexibility index (Phi) is 4.62. The topological polar surface area (TPSA) is 61.0 Å². The summed E-state index contributed by atoms with van der Waals surface area (Å²) in [6, 6.07) is 6.05. The number of halogens is 3. The van der Waals surface area contributed by atoms with Crippen LogP contribution in [0.4, 0.5) is 18.9 Å². The molecule has 0 aliphatic carbocycles. The Hall–Kier alpha value is -2.47. The van der Waals surface area contributed by atoms with Gasteiger partial charge in [0.05, 0.1) is 10.5 Å². The summed E-state index contributed by atoms with van der Waals surface area (Å²) in [5.74, 6) is 0. The summed E-state index contributed by atoms with van der Waals surface area (Å²) < 4.78 is 39.5. The summed E-state index contributed by atoms with van der Waals surface area (Å²) in [6.07, 6.45) is -1.58. The van der Waals surface area contributed by atoms with E-state index in [1.54, 1.807) is 17.7 Å². The number of benzene rings is 1. The zero-order chi connectivity index (χ0) is 16.8. The van der Waals surface area contributed by atoms with Crippen molar-refractivity contribution in [1.82, 2.24) is 9.55 Å². The molecule has 2 heterocycles. The van der Waals surface area contributed by atoms with Crippen LogP contribution in [0.15, 0.2) is 42.7 Å². The molecule has 5 nitrogen and oxygen atoms in total. The van der Waals surface area contributed by atoms with Gasteiger partial charge in [0.2, 0.25) is 0 Å². The molecule has 3 aromatic rings.